The number of rotatable bonds is 6. The van der Waals surface area contributed by atoms with Crippen molar-refractivity contribution < 1.29 is 9.53 Å². The molecule has 0 atom stereocenters. The third kappa shape index (κ3) is 4.58. The predicted molar refractivity (Wildman–Crippen MR) is 88.1 cm³/mol. The molecule has 112 valence electrons. The maximum Gasteiger partial charge on any atom is 0.250 e. The summed E-state index contributed by atoms with van der Waals surface area (Å²) in [4.78, 5) is 14.2. The molecular formula is C16H20N2O2S. The molecule has 0 bridgehead atoms. The molecule has 2 aromatic rings. The fraction of sp³-hybridized carbons (Fsp3) is 0.312. The van der Waals surface area contributed by atoms with E-state index >= 15 is 0 Å². The molecule has 0 aliphatic carbocycles. The van der Waals surface area contributed by atoms with E-state index in [1.165, 1.54) is 22.4 Å². The number of anilines is 2. The molecule has 2 N–H and O–H groups in total. The second kappa shape index (κ2) is 7.24. The quantitative estimate of drug-likeness (QED) is 0.858. The van der Waals surface area contributed by atoms with Gasteiger partial charge in [-0.15, -0.1) is 11.3 Å². The van der Waals surface area contributed by atoms with Gasteiger partial charge in [0.25, 0.3) is 0 Å². The van der Waals surface area contributed by atoms with Crippen LogP contribution in [0.4, 0.5) is 11.4 Å². The molecule has 0 saturated carbocycles. The number of carbonyl (C=O) groups excluding carboxylic acids is 1. The molecule has 2 rings (SSSR count). The van der Waals surface area contributed by atoms with Gasteiger partial charge in [-0.05, 0) is 43.7 Å². The molecular weight excluding hydrogens is 284 g/mol. The van der Waals surface area contributed by atoms with Gasteiger partial charge in [0.15, 0.2) is 0 Å². The molecule has 1 amide bonds. The van der Waals surface area contributed by atoms with Crippen LogP contribution in [0.3, 0.4) is 0 Å². The topological polar surface area (TPSA) is 50.4 Å². The van der Waals surface area contributed by atoms with Gasteiger partial charge in [-0.2, -0.15) is 0 Å². The number of aryl methyl sites for hydroxylation is 2. The van der Waals surface area contributed by atoms with Crippen LogP contribution in [0.2, 0.25) is 0 Å². The van der Waals surface area contributed by atoms with Crippen molar-refractivity contribution in [2.45, 2.75) is 20.4 Å². The number of hydrogen-bond donors (Lipinski definition) is 2. The standard InChI is InChI=1S/C16H20N2O2S/c1-11-7-13(12(2)21-11)9-17-14-5-4-6-15(8-14)18-16(19)10-20-3/h4-8,17H,9-10H2,1-3H3,(H,18,19). The maximum absolute atomic E-state index is 11.5. The van der Waals surface area contributed by atoms with E-state index in [0.717, 1.165) is 17.9 Å². The van der Waals surface area contributed by atoms with Crippen LogP contribution in [0.15, 0.2) is 30.3 Å². The van der Waals surface area contributed by atoms with Gasteiger partial charge in [0.05, 0.1) is 0 Å². The summed E-state index contributed by atoms with van der Waals surface area (Å²) in [6, 6.07) is 9.88. The van der Waals surface area contributed by atoms with Crippen molar-refractivity contribution in [3.05, 3.63) is 45.6 Å². The first-order valence-corrected chi connectivity index (χ1v) is 7.59. The molecule has 0 fully saturated rings. The first-order chi connectivity index (χ1) is 10.1. The third-order valence-corrected chi connectivity index (χ3v) is 4.06. The lowest BCUT2D eigenvalue weighted by molar-refractivity contribution is -0.119. The first-order valence-electron chi connectivity index (χ1n) is 6.77. The van der Waals surface area contributed by atoms with Gasteiger partial charge in [-0.1, -0.05) is 6.07 Å². The monoisotopic (exact) mass is 304 g/mol. The Labute approximate surface area is 129 Å². The van der Waals surface area contributed by atoms with Gasteiger partial charge in [-0.3, -0.25) is 4.79 Å². The van der Waals surface area contributed by atoms with Crippen LogP contribution in [0.5, 0.6) is 0 Å². The second-order valence-electron chi connectivity index (χ2n) is 4.85. The maximum atomic E-state index is 11.5. The molecule has 0 aliphatic rings. The molecule has 0 unspecified atom stereocenters. The largest absolute Gasteiger partial charge is 0.381 e. The highest BCUT2D eigenvalue weighted by Gasteiger charge is 2.04. The lowest BCUT2D eigenvalue weighted by atomic mass is 10.2. The van der Waals surface area contributed by atoms with Gasteiger partial charge in [-0.25, -0.2) is 0 Å². The summed E-state index contributed by atoms with van der Waals surface area (Å²) in [6.07, 6.45) is 0. The lowest BCUT2D eigenvalue weighted by Gasteiger charge is -2.09. The van der Waals surface area contributed by atoms with Gasteiger partial charge in [0.1, 0.15) is 6.61 Å². The van der Waals surface area contributed by atoms with E-state index in [2.05, 4.69) is 30.5 Å². The molecule has 0 aliphatic heterocycles. The summed E-state index contributed by atoms with van der Waals surface area (Å²) in [7, 11) is 1.50. The first kappa shape index (κ1) is 15.5. The van der Waals surface area contributed by atoms with Gasteiger partial charge in [0, 0.05) is 34.8 Å². The van der Waals surface area contributed by atoms with Crippen molar-refractivity contribution >= 4 is 28.6 Å². The summed E-state index contributed by atoms with van der Waals surface area (Å²) in [6.45, 7) is 5.10. The normalized spacial score (nSPS) is 10.4. The van der Waals surface area contributed by atoms with Crippen LogP contribution in [-0.4, -0.2) is 19.6 Å². The number of benzene rings is 1. The highest BCUT2D eigenvalue weighted by Crippen LogP contribution is 2.22. The Balaban J connectivity index is 1.97. The summed E-state index contributed by atoms with van der Waals surface area (Å²) in [5, 5.41) is 6.18. The molecule has 0 radical (unpaired) electrons. The number of carbonyl (C=O) groups is 1. The zero-order chi connectivity index (χ0) is 15.2. The van der Waals surface area contributed by atoms with E-state index in [9.17, 15) is 4.79 Å². The number of amides is 1. The molecule has 1 aromatic heterocycles. The predicted octanol–water partition coefficient (Wildman–Crippen LogP) is 3.56. The number of thiophene rings is 1. The number of nitrogens with one attached hydrogen (secondary N) is 2. The Morgan fingerprint density at radius 2 is 2.00 bits per heavy atom. The minimum absolute atomic E-state index is 0.0605. The fourth-order valence-corrected chi connectivity index (χ4v) is 3.04. The smallest absolute Gasteiger partial charge is 0.250 e. The van der Waals surface area contributed by atoms with E-state index in [0.29, 0.717) is 0 Å². The van der Waals surface area contributed by atoms with Crippen molar-refractivity contribution in [1.82, 2.24) is 0 Å². The SMILES string of the molecule is COCC(=O)Nc1cccc(NCc2cc(C)sc2C)c1. The molecule has 21 heavy (non-hydrogen) atoms. The van der Waals surface area contributed by atoms with E-state index in [4.69, 9.17) is 4.74 Å². The van der Waals surface area contributed by atoms with Crippen molar-refractivity contribution in [3.63, 3.8) is 0 Å². The van der Waals surface area contributed by atoms with E-state index < -0.39 is 0 Å². The third-order valence-electron chi connectivity index (χ3n) is 3.05. The minimum Gasteiger partial charge on any atom is -0.381 e. The van der Waals surface area contributed by atoms with E-state index in [1.807, 2.05) is 35.6 Å². The van der Waals surface area contributed by atoms with Gasteiger partial charge < -0.3 is 15.4 Å². The van der Waals surface area contributed by atoms with Crippen LogP contribution in [0.25, 0.3) is 0 Å². The zero-order valence-corrected chi connectivity index (χ0v) is 13.3. The average molecular weight is 304 g/mol. The van der Waals surface area contributed by atoms with Crippen molar-refractivity contribution in [1.29, 1.82) is 0 Å². The van der Waals surface area contributed by atoms with Crippen LogP contribution in [0.1, 0.15) is 15.3 Å². The number of methoxy groups -OCH3 is 1. The lowest BCUT2D eigenvalue weighted by Crippen LogP contribution is -2.17. The van der Waals surface area contributed by atoms with Crippen molar-refractivity contribution in [2.75, 3.05) is 24.4 Å². The fourth-order valence-electron chi connectivity index (χ4n) is 2.09. The van der Waals surface area contributed by atoms with E-state index in [1.54, 1.807) is 0 Å². The molecule has 0 saturated heterocycles. The minimum atomic E-state index is -0.154. The summed E-state index contributed by atoms with van der Waals surface area (Å²) in [5.41, 5.74) is 3.06. The van der Waals surface area contributed by atoms with Crippen molar-refractivity contribution in [3.8, 4) is 0 Å². The van der Waals surface area contributed by atoms with Crippen molar-refractivity contribution in [2.24, 2.45) is 0 Å². The molecule has 0 spiro atoms. The summed E-state index contributed by atoms with van der Waals surface area (Å²) >= 11 is 1.81. The number of ether oxygens (including phenoxy) is 1. The van der Waals surface area contributed by atoms with E-state index in [-0.39, 0.29) is 12.5 Å². The summed E-state index contributed by atoms with van der Waals surface area (Å²) < 4.78 is 4.80. The Bertz CT molecular complexity index is 622. The Morgan fingerprint density at radius 1 is 1.24 bits per heavy atom. The zero-order valence-electron chi connectivity index (χ0n) is 12.5. The highest BCUT2D eigenvalue weighted by molar-refractivity contribution is 7.12. The average Bonchev–Trinajstić information content (AvgIpc) is 2.75. The summed E-state index contributed by atoms with van der Waals surface area (Å²) in [5.74, 6) is -0.154. The Morgan fingerprint density at radius 3 is 2.67 bits per heavy atom. The molecule has 1 aromatic carbocycles. The van der Waals surface area contributed by atoms with Gasteiger partial charge in [0.2, 0.25) is 5.91 Å². The highest BCUT2D eigenvalue weighted by atomic mass is 32.1. The van der Waals surface area contributed by atoms with Crippen LogP contribution in [0, 0.1) is 13.8 Å². The van der Waals surface area contributed by atoms with Crippen LogP contribution in [-0.2, 0) is 16.1 Å². The molecule has 4 nitrogen and oxygen atoms in total. The molecule has 1 heterocycles. The van der Waals surface area contributed by atoms with Gasteiger partial charge >= 0.3 is 0 Å². The van der Waals surface area contributed by atoms with Crippen LogP contribution >= 0.6 is 11.3 Å². The Kier molecular flexibility index (Phi) is 5.36. The number of hydrogen-bond acceptors (Lipinski definition) is 4. The Hall–Kier alpha value is -1.85. The molecule has 5 heteroatoms. The van der Waals surface area contributed by atoms with Crippen LogP contribution < -0.4 is 10.6 Å². The second-order valence-corrected chi connectivity index (χ2v) is 6.31.